The fourth-order valence-electron chi connectivity index (χ4n) is 1.87. The van der Waals surface area contributed by atoms with Gasteiger partial charge >= 0.3 is 0 Å². The molecule has 0 bridgehead atoms. The SMILES string of the molecule is C=C(C)C/N=C(\C)C1=Cc2ccccc2C1. The van der Waals surface area contributed by atoms with E-state index in [4.69, 9.17) is 0 Å². The Morgan fingerprint density at radius 1 is 1.31 bits per heavy atom. The van der Waals surface area contributed by atoms with Gasteiger partial charge in [-0.1, -0.05) is 36.4 Å². The summed E-state index contributed by atoms with van der Waals surface area (Å²) >= 11 is 0. The van der Waals surface area contributed by atoms with Gasteiger partial charge in [0.25, 0.3) is 0 Å². The average Bonchev–Trinajstić information content (AvgIpc) is 2.69. The summed E-state index contributed by atoms with van der Waals surface area (Å²) in [7, 11) is 0. The van der Waals surface area contributed by atoms with E-state index in [1.165, 1.54) is 16.7 Å². The highest BCUT2D eigenvalue weighted by Crippen LogP contribution is 2.25. The Morgan fingerprint density at radius 2 is 2.06 bits per heavy atom. The van der Waals surface area contributed by atoms with Gasteiger partial charge in [-0.3, -0.25) is 4.99 Å². The molecular weight excluding hydrogens is 194 g/mol. The molecule has 16 heavy (non-hydrogen) atoms. The first-order chi connectivity index (χ1) is 7.66. The number of allylic oxidation sites excluding steroid dienone is 1. The average molecular weight is 211 g/mol. The quantitative estimate of drug-likeness (QED) is 0.534. The summed E-state index contributed by atoms with van der Waals surface area (Å²) in [5, 5.41) is 0. The van der Waals surface area contributed by atoms with Crippen LogP contribution >= 0.6 is 0 Å². The second kappa shape index (κ2) is 4.48. The van der Waals surface area contributed by atoms with Crippen LogP contribution in [0.5, 0.6) is 0 Å². The smallest absolute Gasteiger partial charge is 0.0597 e. The molecule has 0 heterocycles. The van der Waals surface area contributed by atoms with E-state index in [-0.39, 0.29) is 0 Å². The minimum absolute atomic E-state index is 0.736. The number of hydrogen-bond donors (Lipinski definition) is 0. The van der Waals surface area contributed by atoms with E-state index in [9.17, 15) is 0 Å². The van der Waals surface area contributed by atoms with Gasteiger partial charge in [0.1, 0.15) is 0 Å². The standard InChI is InChI=1S/C15H17N/c1-11(2)10-16-12(3)15-8-13-6-4-5-7-14(13)9-15/h4-8H,1,9-10H2,2-3H3/b16-12+. The zero-order valence-corrected chi connectivity index (χ0v) is 9.96. The van der Waals surface area contributed by atoms with Crippen molar-refractivity contribution in [1.82, 2.24) is 0 Å². The number of hydrogen-bond acceptors (Lipinski definition) is 1. The van der Waals surface area contributed by atoms with Gasteiger partial charge < -0.3 is 0 Å². The van der Waals surface area contributed by atoms with E-state index in [0.29, 0.717) is 0 Å². The van der Waals surface area contributed by atoms with E-state index in [1.807, 2.05) is 6.92 Å². The normalized spacial score (nSPS) is 14.6. The lowest BCUT2D eigenvalue weighted by molar-refractivity contribution is 1.13. The first-order valence-corrected chi connectivity index (χ1v) is 5.61. The molecule has 0 N–H and O–H groups in total. The van der Waals surface area contributed by atoms with Crippen molar-refractivity contribution in [2.75, 3.05) is 6.54 Å². The number of rotatable bonds is 3. The van der Waals surface area contributed by atoms with Crippen LogP contribution in [0.15, 0.2) is 47.0 Å². The highest BCUT2D eigenvalue weighted by molar-refractivity contribution is 6.04. The molecule has 0 radical (unpaired) electrons. The molecule has 1 nitrogen and oxygen atoms in total. The largest absolute Gasteiger partial charge is 0.285 e. The predicted octanol–water partition coefficient (Wildman–Crippen LogP) is 3.66. The molecule has 82 valence electrons. The summed E-state index contributed by atoms with van der Waals surface area (Å²) in [5.41, 5.74) is 6.32. The second-order valence-corrected chi connectivity index (χ2v) is 4.40. The third kappa shape index (κ3) is 2.30. The molecule has 0 unspecified atom stereocenters. The number of aliphatic imine (C=N–C) groups is 1. The maximum atomic E-state index is 4.54. The molecule has 1 aliphatic rings. The first-order valence-electron chi connectivity index (χ1n) is 5.61. The zero-order valence-electron chi connectivity index (χ0n) is 9.96. The minimum atomic E-state index is 0.736. The monoisotopic (exact) mass is 211 g/mol. The molecule has 1 aromatic rings. The molecule has 0 aromatic heterocycles. The van der Waals surface area contributed by atoms with Crippen LogP contribution < -0.4 is 0 Å². The lowest BCUT2D eigenvalue weighted by atomic mass is 10.1. The van der Waals surface area contributed by atoms with Crippen LogP contribution in [0.25, 0.3) is 6.08 Å². The van der Waals surface area contributed by atoms with Crippen molar-refractivity contribution < 1.29 is 0 Å². The van der Waals surface area contributed by atoms with Gasteiger partial charge in [0.2, 0.25) is 0 Å². The Balaban J connectivity index is 2.16. The Bertz CT molecular complexity index is 478. The molecule has 0 amide bonds. The number of nitrogens with zero attached hydrogens (tertiary/aromatic N) is 1. The molecule has 2 rings (SSSR count). The van der Waals surface area contributed by atoms with Gasteiger partial charge in [-0.15, -0.1) is 0 Å². The summed E-state index contributed by atoms with van der Waals surface area (Å²) < 4.78 is 0. The predicted molar refractivity (Wildman–Crippen MR) is 70.9 cm³/mol. The van der Waals surface area contributed by atoms with Gasteiger partial charge in [-0.2, -0.15) is 0 Å². The Hall–Kier alpha value is -1.63. The van der Waals surface area contributed by atoms with Gasteiger partial charge in [0.15, 0.2) is 0 Å². The third-order valence-corrected chi connectivity index (χ3v) is 2.82. The van der Waals surface area contributed by atoms with Crippen molar-refractivity contribution in [3.05, 3.63) is 53.1 Å². The summed E-state index contributed by atoms with van der Waals surface area (Å²) in [4.78, 5) is 4.54. The van der Waals surface area contributed by atoms with Crippen LogP contribution in [0.1, 0.15) is 25.0 Å². The highest BCUT2D eigenvalue weighted by atomic mass is 14.7. The van der Waals surface area contributed by atoms with Crippen LogP contribution in [0.4, 0.5) is 0 Å². The van der Waals surface area contributed by atoms with E-state index in [0.717, 1.165) is 24.3 Å². The maximum absolute atomic E-state index is 4.54. The van der Waals surface area contributed by atoms with Crippen molar-refractivity contribution in [2.45, 2.75) is 20.3 Å². The van der Waals surface area contributed by atoms with Crippen LogP contribution in [0.2, 0.25) is 0 Å². The van der Waals surface area contributed by atoms with Crippen molar-refractivity contribution in [1.29, 1.82) is 0 Å². The summed E-state index contributed by atoms with van der Waals surface area (Å²) in [6.07, 6.45) is 3.26. The number of fused-ring (bicyclic) bond motifs is 1. The molecule has 0 spiro atoms. The van der Waals surface area contributed by atoms with Crippen LogP contribution in [-0.2, 0) is 6.42 Å². The Kier molecular flexibility index (Phi) is 3.04. The van der Waals surface area contributed by atoms with Crippen molar-refractivity contribution in [3.8, 4) is 0 Å². The Labute approximate surface area is 97.2 Å². The van der Waals surface area contributed by atoms with E-state index in [1.54, 1.807) is 0 Å². The third-order valence-electron chi connectivity index (χ3n) is 2.82. The molecule has 0 fully saturated rings. The van der Waals surface area contributed by atoms with Crippen molar-refractivity contribution in [2.24, 2.45) is 4.99 Å². The van der Waals surface area contributed by atoms with Gasteiger partial charge in [0.05, 0.1) is 6.54 Å². The molecule has 0 atom stereocenters. The molecule has 0 saturated carbocycles. The second-order valence-electron chi connectivity index (χ2n) is 4.40. The first kappa shape index (κ1) is 10.9. The molecule has 0 saturated heterocycles. The lowest BCUT2D eigenvalue weighted by Gasteiger charge is -2.01. The minimum Gasteiger partial charge on any atom is -0.285 e. The lowest BCUT2D eigenvalue weighted by Crippen LogP contribution is -1.99. The Morgan fingerprint density at radius 3 is 2.75 bits per heavy atom. The van der Waals surface area contributed by atoms with E-state index >= 15 is 0 Å². The fraction of sp³-hybridized carbons (Fsp3) is 0.267. The van der Waals surface area contributed by atoms with Crippen LogP contribution in [-0.4, -0.2) is 12.3 Å². The van der Waals surface area contributed by atoms with Gasteiger partial charge in [-0.25, -0.2) is 0 Å². The molecule has 1 aromatic carbocycles. The maximum Gasteiger partial charge on any atom is 0.0597 e. The summed E-state index contributed by atoms with van der Waals surface area (Å²) in [6, 6.07) is 8.52. The molecular formula is C15H17N. The highest BCUT2D eigenvalue weighted by Gasteiger charge is 2.13. The fourth-order valence-corrected chi connectivity index (χ4v) is 1.87. The molecule has 0 aliphatic heterocycles. The summed E-state index contributed by atoms with van der Waals surface area (Å²) in [5.74, 6) is 0. The van der Waals surface area contributed by atoms with Crippen LogP contribution in [0.3, 0.4) is 0 Å². The van der Waals surface area contributed by atoms with Gasteiger partial charge in [-0.05, 0) is 43.0 Å². The van der Waals surface area contributed by atoms with Crippen molar-refractivity contribution >= 4 is 11.8 Å². The van der Waals surface area contributed by atoms with Gasteiger partial charge in [0, 0.05) is 5.71 Å². The number of benzene rings is 1. The van der Waals surface area contributed by atoms with Crippen molar-refractivity contribution in [3.63, 3.8) is 0 Å². The molecule has 1 heteroatoms. The molecule has 1 aliphatic carbocycles. The van der Waals surface area contributed by atoms with Crippen LogP contribution in [0, 0.1) is 0 Å². The zero-order chi connectivity index (χ0) is 11.5. The topological polar surface area (TPSA) is 12.4 Å². The van der Waals surface area contributed by atoms with E-state index in [2.05, 4.69) is 48.8 Å². The van der Waals surface area contributed by atoms with E-state index < -0.39 is 0 Å². The summed E-state index contributed by atoms with van der Waals surface area (Å²) in [6.45, 7) is 8.69.